The van der Waals surface area contributed by atoms with Gasteiger partial charge >= 0.3 is 0 Å². The number of hydrogen-bond donors (Lipinski definition) is 2. The summed E-state index contributed by atoms with van der Waals surface area (Å²) >= 11 is 5.83. The zero-order valence-corrected chi connectivity index (χ0v) is 13.2. The Balaban J connectivity index is 2.28. The third kappa shape index (κ3) is 3.73. The highest BCUT2D eigenvalue weighted by molar-refractivity contribution is 7.89. The Labute approximate surface area is 128 Å². The topological polar surface area (TPSA) is 81.4 Å². The van der Waals surface area contributed by atoms with E-state index in [1.165, 1.54) is 6.07 Å². The van der Waals surface area contributed by atoms with Gasteiger partial charge in [0.15, 0.2) is 0 Å². The summed E-state index contributed by atoms with van der Waals surface area (Å²) in [5, 5.41) is 0.127. The van der Waals surface area contributed by atoms with Gasteiger partial charge in [0, 0.05) is 29.8 Å². The summed E-state index contributed by atoms with van der Waals surface area (Å²) in [6.07, 6.45) is 1.46. The van der Waals surface area contributed by atoms with E-state index in [2.05, 4.69) is 4.72 Å². The Morgan fingerprint density at radius 3 is 2.86 bits per heavy atom. The smallest absolute Gasteiger partial charge is 0.243 e. The molecule has 118 valence electrons. The van der Waals surface area contributed by atoms with Crippen molar-refractivity contribution in [1.82, 2.24) is 4.72 Å². The third-order valence-corrected chi connectivity index (χ3v) is 5.23. The summed E-state index contributed by atoms with van der Waals surface area (Å²) < 4.78 is 46.7. The van der Waals surface area contributed by atoms with Gasteiger partial charge < -0.3 is 10.5 Å². The molecule has 1 saturated heterocycles. The summed E-state index contributed by atoms with van der Waals surface area (Å²) in [6, 6.07) is 1.96. The molecular formula is C13H18ClFN2O3S. The molecule has 1 aliphatic heterocycles. The van der Waals surface area contributed by atoms with Gasteiger partial charge in [-0.25, -0.2) is 17.5 Å². The van der Waals surface area contributed by atoms with Crippen molar-refractivity contribution in [3.63, 3.8) is 0 Å². The predicted octanol–water partition coefficient (Wildman–Crippen LogP) is 1.78. The molecule has 1 aromatic rings. The van der Waals surface area contributed by atoms with Crippen LogP contribution in [-0.4, -0.2) is 27.2 Å². The Morgan fingerprint density at radius 1 is 1.57 bits per heavy atom. The molecule has 2 atom stereocenters. The van der Waals surface area contributed by atoms with Crippen LogP contribution in [0.1, 0.15) is 25.3 Å². The maximum absolute atomic E-state index is 14.2. The molecule has 5 nitrogen and oxygen atoms in total. The minimum absolute atomic E-state index is 0.0626. The Kier molecular flexibility index (Phi) is 5.21. The summed E-state index contributed by atoms with van der Waals surface area (Å²) in [6.45, 7) is 2.18. The van der Waals surface area contributed by atoms with E-state index in [1.807, 2.05) is 0 Å². The van der Waals surface area contributed by atoms with Gasteiger partial charge in [0.2, 0.25) is 10.0 Å². The van der Waals surface area contributed by atoms with E-state index in [9.17, 15) is 12.8 Å². The SMILES string of the molecule is CC(NS(=O)(=O)c1cc(Cl)cc(CN)c1F)C1CCCO1. The number of benzene rings is 1. The first kappa shape index (κ1) is 16.6. The molecule has 2 unspecified atom stereocenters. The van der Waals surface area contributed by atoms with Crippen molar-refractivity contribution >= 4 is 21.6 Å². The normalized spacial score (nSPS) is 20.7. The van der Waals surface area contributed by atoms with Crippen LogP contribution in [0.4, 0.5) is 4.39 Å². The van der Waals surface area contributed by atoms with E-state index in [4.69, 9.17) is 22.1 Å². The summed E-state index contributed by atoms with van der Waals surface area (Å²) in [5.41, 5.74) is 5.46. The van der Waals surface area contributed by atoms with Gasteiger partial charge in [-0.1, -0.05) is 11.6 Å². The van der Waals surface area contributed by atoms with Crippen LogP contribution < -0.4 is 10.5 Å². The second-order valence-corrected chi connectivity index (χ2v) is 7.16. The van der Waals surface area contributed by atoms with E-state index in [-0.39, 0.29) is 23.2 Å². The number of sulfonamides is 1. The first-order chi connectivity index (χ1) is 9.85. The molecule has 1 fully saturated rings. The fourth-order valence-corrected chi connectivity index (χ4v) is 4.07. The lowest BCUT2D eigenvalue weighted by molar-refractivity contribution is 0.0902. The first-order valence-corrected chi connectivity index (χ1v) is 8.53. The molecule has 1 aromatic carbocycles. The Bertz CT molecular complexity index is 618. The molecular weight excluding hydrogens is 319 g/mol. The molecule has 0 saturated carbocycles. The predicted molar refractivity (Wildman–Crippen MR) is 78.1 cm³/mol. The molecule has 8 heteroatoms. The average Bonchev–Trinajstić information content (AvgIpc) is 2.94. The van der Waals surface area contributed by atoms with Crippen molar-refractivity contribution in [2.24, 2.45) is 5.73 Å². The van der Waals surface area contributed by atoms with Gasteiger partial charge in [0.25, 0.3) is 0 Å². The molecule has 0 aliphatic carbocycles. The van der Waals surface area contributed by atoms with Crippen LogP contribution in [0.3, 0.4) is 0 Å². The first-order valence-electron chi connectivity index (χ1n) is 6.67. The molecule has 2 rings (SSSR count). The fourth-order valence-electron chi connectivity index (χ4n) is 2.34. The number of rotatable bonds is 5. The lowest BCUT2D eigenvalue weighted by atomic mass is 10.1. The number of halogens is 2. The second-order valence-electron chi connectivity index (χ2n) is 5.04. The Morgan fingerprint density at radius 2 is 2.29 bits per heavy atom. The number of nitrogens with two attached hydrogens (primary N) is 1. The molecule has 1 heterocycles. The van der Waals surface area contributed by atoms with E-state index in [0.717, 1.165) is 18.9 Å². The van der Waals surface area contributed by atoms with Gasteiger partial charge in [-0.05, 0) is 31.9 Å². The molecule has 3 N–H and O–H groups in total. The van der Waals surface area contributed by atoms with Crippen LogP contribution in [0, 0.1) is 5.82 Å². The Hall–Kier alpha value is -0.730. The minimum Gasteiger partial charge on any atom is -0.377 e. The fraction of sp³-hybridized carbons (Fsp3) is 0.538. The number of hydrogen-bond acceptors (Lipinski definition) is 4. The van der Waals surface area contributed by atoms with Crippen molar-refractivity contribution < 1.29 is 17.5 Å². The van der Waals surface area contributed by atoms with Crippen molar-refractivity contribution in [3.8, 4) is 0 Å². The van der Waals surface area contributed by atoms with Crippen LogP contribution in [0.15, 0.2) is 17.0 Å². The van der Waals surface area contributed by atoms with Crippen molar-refractivity contribution in [2.45, 2.75) is 43.4 Å². The molecule has 0 radical (unpaired) electrons. The molecule has 1 aliphatic rings. The number of ether oxygens (including phenoxy) is 1. The zero-order valence-electron chi connectivity index (χ0n) is 11.6. The van der Waals surface area contributed by atoms with E-state index < -0.39 is 26.8 Å². The zero-order chi connectivity index (χ0) is 15.6. The van der Waals surface area contributed by atoms with Crippen molar-refractivity contribution in [1.29, 1.82) is 0 Å². The highest BCUT2D eigenvalue weighted by Gasteiger charge is 2.29. The summed E-state index contributed by atoms with van der Waals surface area (Å²) in [5.74, 6) is -0.867. The van der Waals surface area contributed by atoms with E-state index >= 15 is 0 Å². The van der Waals surface area contributed by atoms with Crippen molar-refractivity contribution in [2.75, 3.05) is 6.61 Å². The van der Waals surface area contributed by atoms with Crippen LogP contribution in [0.25, 0.3) is 0 Å². The standard InChI is InChI=1S/C13H18ClFN2O3S/c1-8(11-3-2-4-20-11)17-21(18,19)12-6-10(14)5-9(7-16)13(12)15/h5-6,8,11,17H,2-4,7,16H2,1H3. The quantitative estimate of drug-likeness (QED) is 0.858. The molecule has 21 heavy (non-hydrogen) atoms. The summed E-state index contributed by atoms with van der Waals surface area (Å²) in [7, 11) is -4.03. The number of nitrogens with one attached hydrogen (secondary N) is 1. The monoisotopic (exact) mass is 336 g/mol. The maximum Gasteiger partial charge on any atom is 0.243 e. The van der Waals surface area contributed by atoms with Crippen LogP contribution >= 0.6 is 11.6 Å². The molecule has 0 spiro atoms. The summed E-state index contributed by atoms with van der Waals surface area (Å²) in [4.78, 5) is -0.486. The molecule has 0 amide bonds. The highest BCUT2D eigenvalue weighted by atomic mass is 35.5. The lowest BCUT2D eigenvalue weighted by Crippen LogP contribution is -2.41. The van der Waals surface area contributed by atoms with Crippen LogP contribution in [-0.2, 0) is 21.3 Å². The van der Waals surface area contributed by atoms with Crippen LogP contribution in [0.5, 0.6) is 0 Å². The van der Waals surface area contributed by atoms with Crippen LogP contribution in [0.2, 0.25) is 5.02 Å². The second kappa shape index (κ2) is 6.58. The molecule has 0 aromatic heterocycles. The maximum atomic E-state index is 14.2. The van der Waals surface area contributed by atoms with Crippen molar-refractivity contribution in [3.05, 3.63) is 28.5 Å². The van der Waals surface area contributed by atoms with Gasteiger partial charge in [-0.15, -0.1) is 0 Å². The van der Waals surface area contributed by atoms with Gasteiger partial charge in [0.1, 0.15) is 10.7 Å². The minimum atomic E-state index is -4.03. The largest absolute Gasteiger partial charge is 0.377 e. The van der Waals surface area contributed by atoms with Gasteiger partial charge in [-0.3, -0.25) is 0 Å². The average molecular weight is 337 g/mol. The van der Waals surface area contributed by atoms with Gasteiger partial charge in [-0.2, -0.15) is 0 Å². The van der Waals surface area contributed by atoms with E-state index in [0.29, 0.717) is 6.61 Å². The molecule has 0 bridgehead atoms. The lowest BCUT2D eigenvalue weighted by Gasteiger charge is -2.20. The van der Waals surface area contributed by atoms with Gasteiger partial charge in [0.05, 0.1) is 6.10 Å². The van der Waals surface area contributed by atoms with E-state index in [1.54, 1.807) is 6.92 Å². The highest BCUT2D eigenvalue weighted by Crippen LogP contribution is 2.24. The third-order valence-electron chi connectivity index (χ3n) is 3.45.